The van der Waals surface area contributed by atoms with Gasteiger partial charge in [0.15, 0.2) is 6.79 Å². The van der Waals surface area contributed by atoms with Crippen molar-refractivity contribution >= 4 is 6.16 Å². The van der Waals surface area contributed by atoms with E-state index in [9.17, 15) is 18.0 Å². The molecule has 0 N–H and O–H groups in total. The lowest BCUT2D eigenvalue weighted by Crippen LogP contribution is -2.13. The summed E-state index contributed by atoms with van der Waals surface area (Å²) in [4.78, 5) is 10.9. The van der Waals surface area contributed by atoms with Crippen LogP contribution in [0.4, 0.5) is 18.0 Å². The zero-order valence-electron chi connectivity index (χ0n) is 11.5. The van der Waals surface area contributed by atoms with Gasteiger partial charge in [0.05, 0.1) is 5.56 Å². The van der Waals surface area contributed by atoms with Crippen LogP contribution in [-0.2, 0) is 27.0 Å². The first-order valence-electron chi connectivity index (χ1n) is 5.88. The largest absolute Gasteiger partial charge is 0.510 e. The highest BCUT2D eigenvalue weighted by Gasteiger charge is 2.33. The maximum absolute atomic E-state index is 12.6. The van der Waals surface area contributed by atoms with E-state index >= 15 is 0 Å². The Bertz CT molecular complexity index is 405. The quantitative estimate of drug-likeness (QED) is 0.622. The fraction of sp³-hybridized carbons (Fsp3) is 0.462. The van der Waals surface area contributed by atoms with E-state index in [1.54, 1.807) is 0 Å². The van der Waals surface area contributed by atoms with Gasteiger partial charge >= 0.3 is 12.3 Å². The summed E-state index contributed by atoms with van der Waals surface area (Å²) in [6.45, 7) is 3.16. The average Bonchev–Trinajstić information content (AvgIpc) is 2.44. The second kappa shape index (κ2) is 9.19. The number of carbonyl (C=O) groups excluding carboxylic acids is 1. The van der Waals surface area contributed by atoms with Crippen molar-refractivity contribution in [3.8, 4) is 0 Å². The molecule has 0 saturated heterocycles. The summed E-state index contributed by atoms with van der Waals surface area (Å²) in [5.41, 5.74) is -0.982. The summed E-state index contributed by atoms with van der Waals surface area (Å²) in [5.74, 6) is 0. The van der Waals surface area contributed by atoms with Gasteiger partial charge in [-0.1, -0.05) is 32.0 Å². The molecule has 0 aliphatic rings. The van der Waals surface area contributed by atoms with Crippen LogP contribution >= 0.6 is 0 Å². The van der Waals surface area contributed by atoms with Crippen LogP contribution in [-0.4, -0.2) is 20.1 Å². The third kappa shape index (κ3) is 6.42. The van der Waals surface area contributed by atoms with Crippen molar-refractivity contribution in [2.75, 3.05) is 13.9 Å². The van der Waals surface area contributed by atoms with E-state index in [4.69, 9.17) is 0 Å². The van der Waals surface area contributed by atoms with E-state index < -0.39 is 24.5 Å². The SMILES string of the molecule is CC.COCOC(=O)OCc1ccccc1C(F)(F)F. The first-order valence-corrected chi connectivity index (χ1v) is 5.88. The zero-order chi connectivity index (χ0) is 15.6. The molecular formula is C13H17F3O4. The Kier molecular flexibility index (Phi) is 8.38. The molecule has 0 amide bonds. The molecule has 1 aromatic rings. The standard InChI is InChI=1S/C11H11F3O4.C2H6/c1-16-7-18-10(15)17-6-8-4-2-3-5-9(8)11(12,13)14;1-2/h2-5H,6-7H2,1H3;1-2H3. The third-order valence-electron chi connectivity index (χ3n) is 1.96. The van der Waals surface area contributed by atoms with Crippen LogP contribution in [0.3, 0.4) is 0 Å². The molecule has 0 atom stereocenters. The van der Waals surface area contributed by atoms with Crippen molar-refractivity contribution in [3.63, 3.8) is 0 Å². The van der Waals surface area contributed by atoms with Crippen molar-refractivity contribution in [3.05, 3.63) is 35.4 Å². The highest BCUT2D eigenvalue weighted by Crippen LogP contribution is 2.32. The molecule has 0 saturated carbocycles. The molecule has 114 valence electrons. The van der Waals surface area contributed by atoms with Gasteiger partial charge in [-0.3, -0.25) is 0 Å². The van der Waals surface area contributed by atoms with Gasteiger partial charge in [0, 0.05) is 12.7 Å². The first-order chi connectivity index (χ1) is 9.45. The fourth-order valence-electron chi connectivity index (χ4n) is 1.21. The van der Waals surface area contributed by atoms with E-state index in [-0.39, 0.29) is 12.4 Å². The van der Waals surface area contributed by atoms with Gasteiger partial charge in [0.1, 0.15) is 6.61 Å². The molecule has 0 aromatic heterocycles. The molecule has 4 nitrogen and oxygen atoms in total. The average molecular weight is 294 g/mol. The molecule has 1 rings (SSSR count). The molecule has 0 heterocycles. The summed E-state index contributed by atoms with van der Waals surface area (Å²) < 4.78 is 51.1. The highest BCUT2D eigenvalue weighted by molar-refractivity contribution is 5.59. The Balaban J connectivity index is 0.00000172. The topological polar surface area (TPSA) is 44.8 Å². The molecule has 0 fully saturated rings. The lowest BCUT2D eigenvalue weighted by Gasteiger charge is -2.12. The summed E-state index contributed by atoms with van der Waals surface area (Å²) in [6.07, 6.45) is -5.58. The predicted molar refractivity (Wildman–Crippen MR) is 65.9 cm³/mol. The number of hydrogen-bond acceptors (Lipinski definition) is 4. The van der Waals surface area contributed by atoms with Gasteiger partial charge in [-0.05, 0) is 6.07 Å². The Morgan fingerprint density at radius 3 is 2.30 bits per heavy atom. The Morgan fingerprint density at radius 2 is 1.75 bits per heavy atom. The zero-order valence-corrected chi connectivity index (χ0v) is 11.5. The molecule has 7 heteroatoms. The van der Waals surface area contributed by atoms with Gasteiger partial charge in [-0.2, -0.15) is 13.2 Å². The number of hydrogen-bond donors (Lipinski definition) is 0. The van der Waals surface area contributed by atoms with E-state index in [0.717, 1.165) is 6.07 Å². The van der Waals surface area contributed by atoms with E-state index in [2.05, 4.69) is 14.2 Å². The molecule has 0 bridgehead atoms. The minimum atomic E-state index is -4.49. The second-order valence-electron chi connectivity index (χ2n) is 3.24. The van der Waals surface area contributed by atoms with Crippen LogP contribution in [0.2, 0.25) is 0 Å². The smallest absolute Gasteiger partial charge is 0.429 e. The normalized spacial score (nSPS) is 10.3. The van der Waals surface area contributed by atoms with Crippen LogP contribution in [0.25, 0.3) is 0 Å². The summed E-state index contributed by atoms with van der Waals surface area (Å²) >= 11 is 0. The summed E-state index contributed by atoms with van der Waals surface area (Å²) in [5, 5.41) is 0. The summed E-state index contributed by atoms with van der Waals surface area (Å²) in [6, 6.07) is 4.83. The lowest BCUT2D eigenvalue weighted by atomic mass is 10.1. The number of carbonyl (C=O) groups is 1. The molecular weight excluding hydrogens is 277 g/mol. The number of benzene rings is 1. The van der Waals surface area contributed by atoms with Crippen molar-refractivity contribution in [2.45, 2.75) is 26.6 Å². The van der Waals surface area contributed by atoms with Crippen LogP contribution in [0.5, 0.6) is 0 Å². The van der Waals surface area contributed by atoms with Crippen LogP contribution in [0.15, 0.2) is 24.3 Å². The minimum Gasteiger partial charge on any atom is -0.429 e. The van der Waals surface area contributed by atoms with Gasteiger partial charge in [-0.25, -0.2) is 4.79 Å². The molecule has 0 aliphatic carbocycles. The highest BCUT2D eigenvalue weighted by atomic mass is 19.4. The minimum absolute atomic E-state index is 0.139. The maximum atomic E-state index is 12.6. The lowest BCUT2D eigenvalue weighted by molar-refractivity contribution is -0.138. The molecule has 20 heavy (non-hydrogen) atoms. The fourth-order valence-corrected chi connectivity index (χ4v) is 1.21. The maximum Gasteiger partial charge on any atom is 0.510 e. The van der Waals surface area contributed by atoms with E-state index in [1.165, 1.54) is 25.3 Å². The predicted octanol–water partition coefficient (Wildman–Crippen LogP) is 3.99. The van der Waals surface area contributed by atoms with Crippen molar-refractivity contribution in [1.29, 1.82) is 0 Å². The van der Waals surface area contributed by atoms with Crippen molar-refractivity contribution in [2.24, 2.45) is 0 Å². The number of halogens is 3. The summed E-state index contributed by atoms with van der Waals surface area (Å²) in [7, 11) is 1.30. The molecule has 0 spiro atoms. The van der Waals surface area contributed by atoms with Crippen LogP contribution < -0.4 is 0 Å². The number of methoxy groups -OCH3 is 1. The van der Waals surface area contributed by atoms with Crippen molar-refractivity contribution < 1.29 is 32.2 Å². The Morgan fingerprint density at radius 1 is 1.15 bits per heavy atom. The van der Waals surface area contributed by atoms with Gasteiger partial charge < -0.3 is 14.2 Å². The van der Waals surface area contributed by atoms with Gasteiger partial charge in [-0.15, -0.1) is 0 Å². The molecule has 1 aromatic carbocycles. The van der Waals surface area contributed by atoms with Gasteiger partial charge in [0.25, 0.3) is 0 Å². The van der Waals surface area contributed by atoms with Crippen LogP contribution in [0.1, 0.15) is 25.0 Å². The van der Waals surface area contributed by atoms with E-state index in [1.807, 2.05) is 13.8 Å². The second-order valence-corrected chi connectivity index (χ2v) is 3.24. The molecule has 0 radical (unpaired) electrons. The monoisotopic (exact) mass is 294 g/mol. The Labute approximate surface area is 115 Å². The Hall–Kier alpha value is -1.76. The van der Waals surface area contributed by atoms with Crippen LogP contribution in [0, 0.1) is 0 Å². The molecule has 0 unspecified atom stereocenters. The number of alkyl halides is 3. The number of ether oxygens (including phenoxy) is 3. The molecule has 0 aliphatic heterocycles. The van der Waals surface area contributed by atoms with Gasteiger partial charge in [0.2, 0.25) is 0 Å². The van der Waals surface area contributed by atoms with E-state index in [0.29, 0.717) is 0 Å². The third-order valence-corrected chi connectivity index (χ3v) is 1.96. The number of rotatable bonds is 4. The first kappa shape index (κ1) is 18.2. The van der Waals surface area contributed by atoms with Crippen molar-refractivity contribution in [1.82, 2.24) is 0 Å².